The number of nitrogens with one attached hydrogen (secondary N) is 2. The molecule has 0 atom stereocenters. The molecule has 1 rings (SSSR count). The van der Waals surface area contributed by atoms with Gasteiger partial charge in [0.25, 0.3) is 0 Å². The third-order valence-electron chi connectivity index (χ3n) is 2.81. The number of carbonyl (C=O) groups excluding carboxylic acids is 2. The van der Waals surface area contributed by atoms with E-state index in [0.29, 0.717) is 6.42 Å². The van der Waals surface area contributed by atoms with Crippen LogP contribution in [0.5, 0.6) is 0 Å². The standard InChI is InChI=1S/C15H22N2O2/c1-2-3-4-8-11-14(18)16-17-15(19)12-13-9-6-5-7-10-13/h5-7,9-10H,2-4,8,11-12H2,1H3,(H,16,18)(H,17,19). The van der Waals surface area contributed by atoms with Gasteiger partial charge >= 0.3 is 0 Å². The normalized spacial score (nSPS) is 9.95. The highest BCUT2D eigenvalue weighted by molar-refractivity contribution is 5.83. The van der Waals surface area contributed by atoms with Crippen molar-refractivity contribution in [2.45, 2.75) is 45.4 Å². The van der Waals surface area contributed by atoms with E-state index in [1.54, 1.807) is 0 Å². The Kier molecular flexibility index (Phi) is 7.32. The second kappa shape index (κ2) is 9.14. The van der Waals surface area contributed by atoms with Crippen molar-refractivity contribution in [3.63, 3.8) is 0 Å². The molecule has 0 unspecified atom stereocenters. The number of amides is 2. The van der Waals surface area contributed by atoms with Crippen LogP contribution in [0.25, 0.3) is 0 Å². The number of hydrazine groups is 1. The molecule has 0 aliphatic carbocycles. The van der Waals surface area contributed by atoms with Gasteiger partial charge in [-0.1, -0.05) is 56.5 Å². The molecule has 0 saturated carbocycles. The van der Waals surface area contributed by atoms with Gasteiger partial charge in [-0.2, -0.15) is 0 Å². The maximum Gasteiger partial charge on any atom is 0.242 e. The van der Waals surface area contributed by atoms with Gasteiger partial charge in [-0.15, -0.1) is 0 Å². The maximum absolute atomic E-state index is 11.6. The Balaban J connectivity index is 2.14. The molecule has 2 amide bonds. The zero-order valence-corrected chi connectivity index (χ0v) is 11.4. The highest BCUT2D eigenvalue weighted by Crippen LogP contribution is 2.02. The molecule has 0 fully saturated rings. The minimum atomic E-state index is -0.201. The molecular formula is C15H22N2O2. The number of benzene rings is 1. The second-order valence-electron chi connectivity index (χ2n) is 4.57. The zero-order valence-electron chi connectivity index (χ0n) is 11.4. The van der Waals surface area contributed by atoms with Crippen molar-refractivity contribution in [3.8, 4) is 0 Å². The molecular weight excluding hydrogens is 240 g/mol. The molecule has 0 bridgehead atoms. The minimum Gasteiger partial charge on any atom is -0.273 e. The van der Waals surface area contributed by atoms with E-state index in [1.807, 2.05) is 30.3 Å². The van der Waals surface area contributed by atoms with Crippen LogP contribution in [0.2, 0.25) is 0 Å². The molecule has 19 heavy (non-hydrogen) atoms. The molecule has 0 aliphatic heterocycles. The largest absolute Gasteiger partial charge is 0.273 e. The van der Waals surface area contributed by atoms with E-state index in [-0.39, 0.29) is 18.2 Å². The average molecular weight is 262 g/mol. The summed E-state index contributed by atoms with van der Waals surface area (Å²) in [5.74, 6) is -0.328. The van der Waals surface area contributed by atoms with Gasteiger partial charge in [-0.25, -0.2) is 0 Å². The molecule has 0 spiro atoms. The van der Waals surface area contributed by atoms with Crippen LogP contribution >= 0.6 is 0 Å². The number of hydrogen-bond acceptors (Lipinski definition) is 2. The van der Waals surface area contributed by atoms with Crippen LogP contribution < -0.4 is 10.9 Å². The van der Waals surface area contributed by atoms with Crippen molar-refractivity contribution in [1.29, 1.82) is 0 Å². The predicted octanol–water partition coefficient (Wildman–Crippen LogP) is 2.35. The molecule has 104 valence electrons. The fourth-order valence-corrected chi connectivity index (χ4v) is 1.74. The van der Waals surface area contributed by atoms with Crippen LogP contribution in [-0.2, 0) is 16.0 Å². The molecule has 4 heteroatoms. The molecule has 0 saturated heterocycles. The fourth-order valence-electron chi connectivity index (χ4n) is 1.74. The van der Waals surface area contributed by atoms with Crippen molar-refractivity contribution in [2.75, 3.05) is 0 Å². The summed E-state index contributed by atoms with van der Waals surface area (Å²) in [6, 6.07) is 9.43. The van der Waals surface area contributed by atoms with Crippen LogP contribution in [0, 0.1) is 0 Å². The lowest BCUT2D eigenvalue weighted by atomic mass is 10.1. The third kappa shape index (κ3) is 7.24. The van der Waals surface area contributed by atoms with E-state index in [1.165, 1.54) is 0 Å². The zero-order chi connectivity index (χ0) is 13.9. The van der Waals surface area contributed by atoms with Crippen molar-refractivity contribution < 1.29 is 9.59 Å². The molecule has 1 aromatic rings. The molecule has 2 N–H and O–H groups in total. The summed E-state index contributed by atoms with van der Waals surface area (Å²) in [5, 5.41) is 0. The minimum absolute atomic E-state index is 0.127. The van der Waals surface area contributed by atoms with Crippen LogP contribution in [-0.4, -0.2) is 11.8 Å². The van der Waals surface area contributed by atoms with E-state index < -0.39 is 0 Å². The fraction of sp³-hybridized carbons (Fsp3) is 0.467. The highest BCUT2D eigenvalue weighted by atomic mass is 16.2. The summed E-state index contributed by atoms with van der Waals surface area (Å²) >= 11 is 0. The van der Waals surface area contributed by atoms with Gasteiger partial charge in [-0.3, -0.25) is 20.4 Å². The Morgan fingerprint density at radius 1 is 0.947 bits per heavy atom. The Morgan fingerprint density at radius 3 is 2.32 bits per heavy atom. The molecule has 0 aliphatic rings. The molecule has 0 aromatic heterocycles. The topological polar surface area (TPSA) is 58.2 Å². The van der Waals surface area contributed by atoms with Gasteiger partial charge < -0.3 is 0 Å². The van der Waals surface area contributed by atoms with Gasteiger partial charge in [0.1, 0.15) is 0 Å². The second-order valence-corrected chi connectivity index (χ2v) is 4.57. The summed E-state index contributed by atoms with van der Waals surface area (Å²) < 4.78 is 0. The van der Waals surface area contributed by atoms with Gasteiger partial charge in [0, 0.05) is 6.42 Å². The summed E-state index contributed by atoms with van der Waals surface area (Å²) in [5.41, 5.74) is 5.80. The Hall–Kier alpha value is -1.84. The lowest BCUT2D eigenvalue weighted by Gasteiger charge is -2.07. The molecule has 0 radical (unpaired) electrons. The molecule has 0 heterocycles. The SMILES string of the molecule is CCCCCCC(=O)NNC(=O)Cc1ccccc1. The smallest absolute Gasteiger partial charge is 0.242 e. The molecule has 4 nitrogen and oxygen atoms in total. The van der Waals surface area contributed by atoms with Gasteiger partial charge in [-0.05, 0) is 12.0 Å². The highest BCUT2D eigenvalue weighted by Gasteiger charge is 2.05. The summed E-state index contributed by atoms with van der Waals surface area (Å²) in [6.45, 7) is 2.13. The summed E-state index contributed by atoms with van der Waals surface area (Å²) in [7, 11) is 0. The van der Waals surface area contributed by atoms with E-state index in [9.17, 15) is 9.59 Å². The van der Waals surface area contributed by atoms with E-state index in [2.05, 4.69) is 17.8 Å². The van der Waals surface area contributed by atoms with Gasteiger partial charge in [0.05, 0.1) is 6.42 Å². The Labute approximate surface area is 114 Å². The van der Waals surface area contributed by atoms with Crippen molar-refractivity contribution in [1.82, 2.24) is 10.9 Å². The number of rotatable bonds is 7. The van der Waals surface area contributed by atoms with Crippen LogP contribution in [0.15, 0.2) is 30.3 Å². The quantitative estimate of drug-likeness (QED) is 0.585. The van der Waals surface area contributed by atoms with E-state index in [4.69, 9.17) is 0 Å². The van der Waals surface area contributed by atoms with E-state index in [0.717, 1.165) is 31.2 Å². The monoisotopic (exact) mass is 262 g/mol. The first kappa shape index (κ1) is 15.2. The van der Waals surface area contributed by atoms with Crippen molar-refractivity contribution in [2.24, 2.45) is 0 Å². The van der Waals surface area contributed by atoms with Gasteiger partial charge in [0.2, 0.25) is 11.8 Å². The first-order valence-electron chi connectivity index (χ1n) is 6.84. The first-order valence-corrected chi connectivity index (χ1v) is 6.84. The van der Waals surface area contributed by atoms with Gasteiger partial charge in [0.15, 0.2) is 0 Å². The molecule has 1 aromatic carbocycles. The third-order valence-corrected chi connectivity index (χ3v) is 2.81. The lowest BCUT2D eigenvalue weighted by molar-refractivity contribution is -0.128. The van der Waals surface area contributed by atoms with Crippen LogP contribution in [0.4, 0.5) is 0 Å². The van der Waals surface area contributed by atoms with Crippen LogP contribution in [0.1, 0.15) is 44.6 Å². The van der Waals surface area contributed by atoms with Crippen LogP contribution in [0.3, 0.4) is 0 Å². The number of unbranched alkanes of at least 4 members (excludes halogenated alkanes) is 3. The number of hydrogen-bond donors (Lipinski definition) is 2. The Morgan fingerprint density at radius 2 is 1.63 bits per heavy atom. The summed E-state index contributed by atoms with van der Waals surface area (Å²) in [6.07, 6.45) is 4.96. The summed E-state index contributed by atoms with van der Waals surface area (Å²) in [4.78, 5) is 23.0. The van der Waals surface area contributed by atoms with Crippen molar-refractivity contribution >= 4 is 11.8 Å². The lowest BCUT2D eigenvalue weighted by Crippen LogP contribution is -2.42. The predicted molar refractivity (Wildman–Crippen MR) is 75.2 cm³/mol. The maximum atomic E-state index is 11.6. The first-order chi connectivity index (χ1) is 9.22. The number of carbonyl (C=O) groups is 2. The Bertz CT molecular complexity index is 390. The average Bonchev–Trinajstić information content (AvgIpc) is 2.42. The van der Waals surface area contributed by atoms with E-state index >= 15 is 0 Å². The van der Waals surface area contributed by atoms with Crippen molar-refractivity contribution in [3.05, 3.63) is 35.9 Å².